The third-order valence-electron chi connectivity index (χ3n) is 2.14. The molecule has 0 saturated carbocycles. The van der Waals surface area contributed by atoms with E-state index in [-0.39, 0.29) is 11.4 Å². The zero-order valence-electron chi connectivity index (χ0n) is 9.36. The third kappa shape index (κ3) is 2.32. The number of amides is 1. The number of benzene rings is 1. The Morgan fingerprint density at radius 2 is 2.33 bits per heavy atom. The molecule has 2 rings (SSSR count). The Kier molecular flexibility index (Phi) is 3.02. The minimum atomic E-state index is -0.635. The first kappa shape index (κ1) is 11.7. The fourth-order valence-electron chi connectivity index (χ4n) is 1.32. The normalized spacial score (nSPS) is 9.83. The molecule has 0 aliphatic rings. The van der Waals surface area contributed by atoms with E-state index in [0.29, 0.717) is 11.5 Å². The molecule has 0 fully saturated rings. The lowest BCUT2D eigenvalue weighted by Crippen LogP contribution is -2.14. The van der Waals surface area contributed by atoms with Crippen LogP contribution >= 0.6 is 0 Å². The fraction of sp³-hybridized carbons (Fsp3) is 0.0909. The molecule has 1 aromatic carbocycles. The van der Waals surface area contributed by atoms with Crippen molar-refractivity contribution >= 4 is 11.6 Å². The van der Waals surface area contributed by atoms with Crippen LogP contribution in [0.2, 0.25) is 0 Å². The van der Waals surface area contributed by atoms with Gasteiger partial charge >= 0.3 is 0 Å². The Morgan fingerprint density at radius 1 is 1.56 bits per heavy atom. The number of nitrogens with zero attached hydrogens (tertiary/aromatic N) is 3. The summed E-state index contributed by atoms with van der Waals surface area (Å²) in [5, 5.41) is 17.4. The molecule has 2 N–H and O–H groups in total. The van der Waals surface area contributed by atoms with Crippen LogP contribution in [0.4, 0.5) is 10.1 Å². The Bertz CT molecular complexity index is 643. The maximum Gasteiger partial charge on any atom is 0.295 e. The minimum Gasteiger partial charge on any atom is -0.319 e. The van der Waals surface area contributed by atoms with Crippen LogP contribution in [0.25, 0.3) is 0 Å². The Hall–Kier alpha value is -2.75. The number of carbonyl (C=O) groups is 1. The molecule has 0 aliphatic heterocycles. The summed E-state index contributed by atoms with van der Waals surface area (Å²) in [4.78, 5) is 15.5. The number of carbonyl (C=O) groups excluding carboxylic acids is 1. The van der Waals surface area contributed by atoms with Crippen molar-refractivity contribution in [2.45, 2.75) is 6.92 Å². The number of anilines is 1. The fourth-order valence-corrected chi connectivity index (χ4v) is 1.32. The van der Waals surface area contributed by atoms with Crippen molar-refractivity contribution in [1.29, 1.82) is 5.26 Å². The van der Waals surface area contributed by atoms with Crippen molar-refractivity contribution in [3.63, 3.8) is 0 Å². The highest BCUT2D eigenvalue weighted by Crippen LogP contribution is 2.14. The largest absolute Gasteiger partial charge is 0.319 e. The number of nitrogens with one attached hydrogen (secondary N) is 2. The Morgan fingerprint density at radius 3 is 2.94 bits per heavy atom. The number of aromatic nitrogens is 3. The number of halogens is 1. The van der Waals surface area contributed by atoms with Crippen LogP contribution in [0.1, 0.15) is 22.0 Å². The number of H-pyrrole nitrogens is 1. The van der Waals surface area contributed by atoms with Crippen molar-refractivity contribution in [1.82, 2.24) is 15.2 Å². The number of nitriles is 1. The summed E-state index contributed by atoms with van der Waals surface area (Å²) in [6.07, 6.45) is 0. The quantitative estimate of drug-likeness (QED) is 0.835. The van der Waals surface area contributed by atoms with Crippen molar-refractivity contribution in [3.05, 3.63) is 41.2 Å². The van der Waals surface area contributed by atoms with E-state index < -0.39 is 11.7 Å². The zero-order valence-corrected chi connectivity index (χ0v) is 9.36. The lowest BCUT2D eigenvalue weighted by molar-refractivity contribution is 0.101. The van der Waals surface area contributed by atoms with E-state index in [0.717, 1.165) is 6.07 Å². The van der Waals surface area contributed by atoms with Gasteiger partial charge in [-0.15, -0.1) is 5.10 Å². The number of hydrogen-bond acceptors (Lipinski definition) is 4. The van der Waals surface area contributed by atoms with Crippen LogP contribution in [0.3, 0.4) is 0 Å². The molecule has 1 heterocycles. The summed E-state index contributed by atoms with van der Waals surface area (Å²) in [6, 6.07) is 5.40. The highest BCUT2D eigenvalue weighted by molar-refractivity contribution is 6.01. The molecule has 0 bridgehead atoms. The molecule has 7 heteroatoms. The molecule has 6 nitrogen and oxygen atoms in total. The lowest BCUT2D eigenvalue weighted by atomic mass is 10.2. The van der Waals surface area contributed by atoms with Gasteiger partial charge in [0, 0.05) is 5.69 Å². The van der Waals surface area contributed by atoms with E-state index in [9.17, 15) is 9.18 Å². The number of aromatic amines is 1. The maximum absolute atomic E-state index is 13.1. The number of aryl methyl sites for hydroxylation is 1. The van der Waals surface area contributed by atoms with Gasteiger partial charge in [-0.25, -0.2) is 9.37 Å². The monoisotopic (exact) mass is 245 g/mol. The molecule has 1 amide bonds. The molecule has 0 atom stereocenters. The van der Waals surface area contributed by atoms with Crippen LogP contribution < -0.4 is 5.32 Å². The molecule has 0 unspecified atom stereocenters. The topological polar surface area (TPSA) is 94.5 Å². The molecule has 1 aromatic heterocycles. The summed E-state index contributed by atoms with van der Waals surface area (Å²) < 4.78 is 13.1. The van der Waals surface area contributed by atoms with Crippen LogP contribution in [0, 0.1) is 24.1 Å². The number of rotatable bonds is 2. The van der Waals surface area contributed by atoms with Gasteiger partial charge in [-0.05, 0) is 25.1 Å². The highest BCUT2D eigenvalue weighted by Gasteiger charge is 2.12. The molecule has 0 aliphatic carbocycles. The lowest BCUT2D eigenvalue weighted by Gasteiger charge is -2.03. The first-order valence-corrected chi connectivity index (χ1v) is 5.00. The van der Waals surface area contributed by atoms with Gasteiger partial charge in [-0.3, -0.25) is 9.89 Å². The van der Waals surface area contributed by atoms with Crippen molar-refractivity contribution in [3.8, 4) is 6.07 Å². The van der Waals surface area contributed by atoms with Gasteiger partial charge in [0.05, 0.1) is 5.56 Å². The highest BCUT2D eigenvalue weighted by atomic mass is 19.1. The third-order valence-corrected chi connectivity index (χ3v) is 2.14. The van der Waals surface area contributed by atoms with E-state index in [2.05, 4.69) is 20.5 Å². The van der Waals surface area contributed by atoms with Crippen LogP contribution in [-0.4, -0.2) is 21.1 Å². The first-order valence-electron chi connectivity index (χ1n) is 5.00. The van der Waals surface area contributed by atoms with Crippen LogP contribution in [0.5, 0.6) is 0 Å². The average Bonchev–Trinajstić information content (AvgIpc) is 2.78. The average molecular weight is 245 g/mol. The van der Waals surface area contributed by atoms with Gasteiger partial charge in [0.2, 0.25) is 5.82 Å². The van der Waals surface area contributed by atoms with Gasteiger partial charge in [0.25, 0.3) is 5.91 Å². The van der Waals surface area contributed by atoms with E-state index in [4.69, 9.17) is 5.26 Å². The van der Waals surface area contributed by atoms with Crippen LogP contribution in [0.15, 0.2) is 18.2 Å². The summed E-state index contributed by atoms with van der Waals surface area (Å²) in [5.41, 5.74) is 0.166. The molecule has 90 valence electrons. The summed E-state index contributed by atoms with van der Waals surface area (Å²) in [6.45, 7) is 1.66. The van der Waals surface area contributed by atoms with Crippen molar-refractivity contribution in [2.24, 2.45) is 0 Å². The van der Waals surface area contributed by atoms with Gasteiger partial charge in [0.1, 0.15) is 17.7 Å². The van der Waals surface area contributed by atoms with Gasteiger partial charge in [0.15, 0.2) is 0 Å². The van der Waals surface area contributed by atoms with Crippen molar-refractivity contribution < 1.29 is 9.18 Å². The van der Waals surface area contributed by atoms with E-state index in [1.165, 1.54) is 12.1 Å². The second kappa shape index (κ2) is 4.63. The summed E-state index contributed by atoms with van der Waals surface area (Å²) in [7, 11) is 0. The first-order chi connectivity index (χ1) is 8.60. The smallest absolute Gasteiger partial charge is 0.295 e. The van der Waals surface area contributed by atoms with Gasteiger partial charge in [-0.1, -0.05) is 0 Å². The second-order valence-corrected chi connectivity index (χ2v) is 3.50. The van der Waals surface area contributed by atoms with E-state index in [1.54, 1.807) is 13.0 Å². The molecular weight excluding hydrogens is 237 g/mol. The van der Waals surface area contributed by atoms with E-state index in [1.807, 2.05) is 0 Å². The second-order valence-electron chi connectivity index (χ2n) is 3.50. The van der Waals surface area contributed by atoms with Gasteiger partial charge < -0.3 is 5.32 Å². The SMILES string of the molecule is Cc1nc(C(=O)Nc2ccc(F)c(C#N)c2)n[nH]1. The predicted octanol–water partition coefficient (Wildman–Crippen LogP) is 1.38. The summed E-state index contributed by atoms with van der Waals surface area (Å²) >= 11 is 0. The molecule has 2 aromatic rings. The van der Waals surface area contributed by atoms with Crippen molar-refractivity contribution in [2.75, 3.05) is 5.32 Å². The Labute approximate surface area is 101 Å². The standard InChI is InChI=1S/C11H8FN5O/c1-6-14-10(17-16-6)11(18)15-8-2-3-9(12)7(4-8)5-13/h2-4H,1H3,(H,15,18)(H,14,16,17). The van der Waals surface area contributed by atoms with Gasteiger partial charge in [-0.2, -0.15) is 5.26 Å². The number of hydrogen-bond donors (Lipinski definition) is 2. The molecule has 0 radical (unpaired) electrons. The Balaban J connectivity index is 2.20. The zero-order chi connectivity index (χ0) is 13.1. The minimum absolute atomic E-state index is 0.0182. The molecular formula is C11H8FN5O. The maximum atomic E-state index is 13.1. The molecule has 0 spiro atoms. The molecule has 18 heavy (non-hydrogen) atoms. The molecule has 0 saturated heterocycles. The predicted molar refractivity (Wildman–Crippen MR) is 60.2 cm³/mol. The summed E-state index contributed by atoms with van der Waals surface area (Å²) in [5.74, 6) is -0.675. The van der Waals surface area contributed by atoms with Crippen LogP contribution in [-0.2, 0) is 0 Å². The van der Waals surface area contributed by atoms with E-state index >= 15 is 0 Å².